The topological polar surface area (TPSA) is 96.6 Å². The van der Waals surface area contributed by atoms with E-state index in [1.165, 1.54) is 12.1 Å². The Morgan fingerprint density at radius 3 is 2.67 bits per heavy atom. The van der Waals surface area contributed by atoms with Gasteiger partial charge in [-0.1, -0.05) is 0 Å². The summed E-state index contributed by atoms with van der Waals surface area (Å²) in [5.41, 5.74) is 3.78. The molecule has 7 nitrogen and oxygen atoms in total. The van der Waals surface area contributed by atoms with E-state index in [0.717, 1.165) is 6.42 Å². The van der Waals surface area contributed by atoms with E-state index in [4.69, 9.17) is 0 Å². The van der Waals surface area contributed by atoms with Gasteiger partial charge in [0.1, 0.15) is 5.71 Å². The molecule has 2 rings (SSSR count). The van der Waals surface area contributed by atoms with Crippen LogP contribution in [0.4, 0.5) is 11.4 Å². The molecule has 1 aromatic rings. The van der Waals surface area contributed by atoms with Gasteiger partial charge < -0.3 is 5.32 Å². The zero-order valence-electron chi connectivity index (χ0n) is 9.55. The van der Waals surface area contributed by atoms with Crippen molar-refractivity contribution in [2.45, 2.75) is 12.8 Å². The van der Waals surface area contributed by atoms with Crippen LogP contribution in [0.3, 0.4) is 0 Å². The second kappa shape index (κ2) is 5.26. The van der Waals surface area contributed by atoms with Crippen LogP contribution in [0, 0.1) is 10.1 Å². The smallest absolute Gasteiger partial charge is 0.269 e. The van der Waals surface area contributed by atoms with Crippen molar-refractivity contribution in [3.8, 4) is 0 Å². The van der Waals surface area contributed by atoms with Crippen LogP contribution in [0.25, 0.3) is 0 Å². The molecular formula is C11H12N4O3. The van der Waals surface area contributed by atoms with Gasteiger partial charge in [-0.3, -0.25) is 20.3 Å². The molecule has 0 bridgehead atoms. The van der Waals surface area contributed by atoms with Gasteiger partial charge in [0.15, 0.2) is 0 Å². The second-order valence-corrected chi connectivity index (χ2v) is 3.83. The average Bonchev–Trinajstić information content (AvgIpc) is 2.38. The van der Waals surface area contributed by atoms with E-state index < -0.39 is 4.92 Å². The fourth-order valence-corrected chi connectivity index (χ4v) is 1.57. The number of amides is 1. The summed E-state index contributed by atoms with van der Waals surface area (Å²) in [6.45, 7) is 0.676. The summed E-state index contributed by atoms with van der Waals surface area (Å²) in [6, 6.07) is 5.85. The molecule has 0 unspecified atom stereocenters. The quantitative estimate of drug-likeness (QED) is 0.621. The highest BCUT2D eigenvalue weighted by molar-refractivity contribution is 6.39. The molecule has 0 radical (unpaired) electrons. The summed E-state index contributed by atoms with van der Waals surface area (Å²) in [4.78, 5) is 21.4. The summed E-state index contributed by atoms with van der Waals surface area (Å²) in [7, 11) is 0. The number of rotatable bonds is 3. The lowest BCUT2D eigenvalue weighted by Crippen LogP contribution is -2.37. The fraction of sp³-hybridized carbons (Fsp3) is 0.273. The van der Waals surface area contributed by atoms with Gasteiger partial charge in [-0.25, -0.2) is 0 Å². The molecule has 0 spiro atoms. The number of carbonyl (C=O) groups is 1. The molecule has 0 aliphatic carbocycles. The number of nitrogens with one attached hydrogen (secondary N) is 2. The first-order chi connectivity index (χ1) is 8.66. The lowest BCUT2D eigenvalue weighted by atomic mass is 10.1. The van der Waals surface area contributed by atoms with E-state index in [9.17, 15) is 14.9 Å². The molecular weight excluding hydrogens is 236 g/mol. The number of nitrogens with zero attached hydrogens (tertiary/aromatic N) is 2. The van der Waals surface area contributed by atoms with Crippen molar-refractivity contribution in [3.05, 3.63) is 34.4 Å². The number of carbonyl (C=O) groups excluding carboxylic acids is 1. The van der Waals surface area contributed by atoms with Crippen LogP contribution in [0.5, 0.6) is 0 Å². The van der Waals surface area contributed by atoms with Crippen molar-refractivity contribution in [2.24, 2.45) is 5.10 Å². The molecule has 0 saturated carbocycles. The number of non-ortho nitro benzene ring substituents is 1. The van der Waals surface area contributed by atoms with Crippen LogP contribution in [0.1, 0.15) is 12.8 Å². The molecule has 1 fully saturated rings. The third-order valence-electron chi connectivity index (χ3n) is 2.54. The first kappa shape index (κ1) is 12.0. The minimum absolute atomic E-state index is 0.0172. The first-order valence-electron chi connectivity index (χ1n) is 5.52. The summed E-state index contributed by atoms with van der Waals surface area (Å²) >= 11 is 0. The van der Waals surface area contributed by atoms with E-state index >= 15 is 0 Å². The molecule has 1 aromatic carbocycles. The summed E-state index contributed by atoms with van der Waals surface area (Å²) in [5.74, 6) is -0.171. The van der Waals surface area contributed by atoms with E-state index in [1.807, 2.05) is 0 Å². The number of nitro groups is 1. The summed E-state index contributed by atoms with van der Waals surface area (Å²) < 4.78 is 0. The van der Waals surface area contributed by atoms with E-state index in [1.54, 1.807) is 12.1 Å². The molecule has 0 atom stereocenters. The van der Waals surface area contributed by atoms with Crippen LogP contribution in [0.2, 0.25) is 0 Å². The molecule has 1 amide bonds. The van der Waals surface area contributed by atoms with E-state index in [0.29, 0.717) is 24.4 Å². The van der Waals surface area contributed by atoms with E-state index in [-0.39, 0.29) is 11.6 Å². The zero-order chi connectivity index (χ0) is 13.0. The number of anilines is 1. The van der Waals surface area contributed by atoms with Crippen molar-refractivity contribution in [1.29, 1.82) is 0 Å². The van der Waals surface area contributed by atoms with Crippen LogP contribution in [-0.4, -0.2) is 23.1 Å². The number of hydrogen-bond acceptors (Lipinski definition) is 5. The van der Waals surface area contributed by atoms with Crippen molar-refractivity contribution < 1.29 is 9.72 Å². The highest BCUT2D eigenvalue weighted by Crippen LogP contribution is 2.15. The Hall–Kier alpha value is -2.44. The largest absolute Gasteiger partial charge is 0.351 e. The van der Waals surface area contributed by atoms with Crippen LogP contribution < -0.4 is 10.7 Å². The SMILES string of the molecule is O=C1NCCC/C1=N/Nc1ccc([N+](=O)[O-])cc1. The molecule has 1 heterocycles. The van der Waals surface area contributed by atoms with Gasteiger partial charge in [0.2, 0.25) is 0 Å². The third kappa shape index (κ3) is 2.82. The van der Waals surface area contributed by atoms with Crippen LogP contribution in [-0.2, 0) is 4.79 Å². The Morgan fingerprint density at radius 1 is 1.33 bits per heavy atom. The number of hydrazone groups is 1. The van der Waals surface area contributed by atoms with Crippen molar-refractivity contribution in [3.63, 3.8) is 0 Å². The lowest BCUT2D eigenvalue weighted by Gasteiger charge is -2.13. The predicted octanol–water partition coefficient (Wildman–Crippen LogP) is 1.27. The minimum Gasteiger partial charge on any atom is -0.351 e. The molecule has 1 saturated heterocycles. The Bertz CT molecular complexity index is 496. The number of benzene rings is 1. The van der Waals surface area contributed by atoms with Crippen molar-refractivity contribution in [1.82, 2.24) is 5.32 Å². The Kier molecular flexibility index (Phi) is 3.52. The van der Waals surface area contributed by atoms with Crippen LogP contribution >= 0.6 is 0 Å². The Morgan fingerprint density at radius 2 is 2.06 bits per heavy atom. The summed E-state index contributed by atoms with van der Waals surface area (Å²) in [5, 5.41) is 17.2. The van der Waals surface area contributed by atoms with E-state index in [2.05, 4.69) is 15.8 Å². The fourth-order valence-electron chi connectivity index (χ4n) is 1.57. The highest BCUT2D eigenvalue weighted by atomic mass is 16.6. The standard InChI is InChI=1S/C11H12N4O3/c16-11-10(2-1-7-12-11)14-13-8-3-5-9(6-4-8)15(17)18/h3-6,13H,1-2,7H2,(H,12,16)/b14-10-. The maximum Gasteiger partial charge on any atom is 0.269 e. The minimum atomic E-state index is -0.468. The summed E-state index contributed by atoms with van der Waals surface area (Å²) in [6.07, 6.45) is 1.50. The number of piperidine rings is 1. The van der Waals surface area contributed by atoms with Gasteiger partial charge in [-0.05, 0) is 25.0 Å². The van der Waals surface area contributed by atoms with Gasteiger partial charge in [-0.2, -0.15) is 5.10 Å². The monoisotopic (exact) mass is 248 g/mol. The van der Waals surface area contributed by atoms with Gasteiger partial charge in [0, 0.05) is 18.7 Å². The Balaban J connectivity index is 2.03. The van der Waals surface area contributed by atoms with Crippen LogP contribution in [0.15, 0.2) is 29.4 Å². The molecule has 18 heavy (non-hydrogen) atoms. The predicted molar refractivity (Wildman–Crippen MR) is 66.4 cm³/mol. The highest BCUT2D eigenvalue weighted by Gasteiger charge is 2.15. The Labute approximate surface area is 103 Å². The normalized spacial score (nSPS) is 17.3. The first-order valence-corrected chi connectivity index (χ1v) is 5.52. The molecule has 1 aliphatic heterocycles. The van der Waals surface area contributed by atoms with Crippen molar-refractivity contribution in [2.75, 3.05) is 12.0 Å². The molecule has 1 aliphatic rings. The van der Waals surface area contributed by atoms with Gasteiger partial charge in [0.25, 0.3) is 11.6 Å². The van der Waals surface area contributed by atoms with Gasteiger partial charge in [-0.15, -0.1) is 0 Å². The van der Waals surface area contributed by atoms with Gasteiger partial charge >= 0.3 is 0 Å². The maximum atomic E-state index is 11.4. The lowest BCUT2D eigenvalue weighted by molar-refractivity contribution is -0.384. The number of hydrogen-bond donors (Lipinski definition) is 2. The van der Waals surface area contributed by atoms with Crippen molar-refractivity contribution >= 4 is 23.0 Å². The second-order valence-electron chi connectivity index (χ2n) is 3.83. The number of nitro benzene ring substituents is 1. The van der Waals surface area contributed by atoms with Gasteiger partial charge in [0.05, 0.1) is 10.6 Å². The average molecular weight is 248 g/mol. The zero-order valence-corrected chi connectivity index (χ0v) is 9.55. The molecule has 0 aromatic heterocycles. The molecule has 7 heteroatoms. The maximum absolute atomic E-state index is 11.4. The third-order valence-corrected chi connectivity index (χ3v) is 2.54. The molecule has 94 valence electrons. The molecule has 2 N–H and O–H groups in total.